The van der Waals surface area contributed by atoms with E-state index in [2.05, 4.69) is 20.4 Å². The van der Waals surface area contributed by atoms with Gasteiger partial charge in [0.2, 0.25) is 0 Å². The van der Waals surface area contributed by atoms with Gasteiger partial charge >= 0.3 is 6.55 Å². The van der Waals surface area contributed by atoms with Crippen LogP contribution in [0.4, 0.5) is 48.1 Å². The third-order valence-corrected chi connectivity index (χ3v) is 9.87. The highest BCUT2D eigenvalue weighted by atomic mass is 32.2. The molecule has 2 N–H and O–H groups in total. The van der Waals surface area contributed by atoms with Crippen LogP contribution in [0, 0.1) is 17.5 Å². The molecule has 2 aromatic carbocycles. The Morgan fingerprint density at radius 2 is 1.75 bits per heavy atom. The molecule has 10 nitrogen and oxygen atoms in total. The number of alkyl halides is 4. The van der Waals surface area contributed by atoms with E-state index in [1.54, 1.807) is 0 Å². The number of hydrogen-bond acceptors (Lipinski definition) is 8. The molecule has 1 saturated carbocycles. The SMILES string of the molecule is O=c1c(-c2c(F)ccc(NS(=O)(=O)c3cc4scnc4cc3F)c2F)cc2cnc(Nc3ccn(C(F)F)n3)cc2n1C1CC(F)(F)C1. The molecule has 0 saturated heterocycles. The Morgan fingerprint density at radius 1 is 0.979 bits per heavy atom. The van der Waals surface area contributed by atoms with Gasteiger partial charge in [-0.2, -0.15) is 13.9 Å². The fraction of sp³-hybridized carbons (Fsp3) is 0.172. The van der Waals surface area contributed by atoms with Gasteiger partial charge in [0.25, 0.3) is 21.5 Å². The number of sulfonamides is 1. The summed E-state index contributed by atoms with van der Waals surface area (Å²) in [5, 5.41) is 6.39. The van der Waals surface area contributed by atoms with Crippen molar-refractivity contribution in [1.82, 2.24) is 24.3 Å². The van der Waals surface area contributed by atoms with Gasteiger partial charge in [-0.3, -0.25) is 9.52 Å². The number of hydrogen-bond donors (Lipinski definition) is 2. The van der Waals surface area contributed by atoms with Crippen LogP contribution in [0.5, 0.6) is 0 Å². The lowest BCUT2D eigenvalue weighted by Gasteiger charge is -2.37. The molecule has 4 heterocycles. The summed E-state index contributed by atoms with van der Waals surface area (Å²) in [6.45, 7) is -2.92. The van der Waals surface area contributed by atoms with Gasteiger partial charge in [0.05, 0.1) is 38.1 Å². The van der Waals surface area contributed by atoms with Crippen LogP contribution < -0.4 is 15.6 Å². The predicted molar refractivity (Wildman–Crippen MR) is 162 cm³/mol. The summed E-state index contributed by atoms with van der Waals surface area (Å²) in [6, 6.07) is 5.77. The predicted octanol–water partition coefficient (Wildman–Crippen LogP) is 7.20. The average molecular weight is 710 g/mol. The van der Waals surface area contributed by atoms with Gasteiger partial charge in [-0.25, -0.2) is 45.0 Å². The standard InChI is InChI=1S/C29H18F7N7O3S2/c30-16-1-2-18(41-48(45,46)22-8-21-19(6-17(22)31)38-12-47-21)26(32)25(16)15-5-13-11-37-24(39-23-3-4-42(40-23)28(33)34)7-20(13)43(27(15)44)14-9-29(35,36)10-14/h1-8,11-12,14,28,41H,9-10H2,(H,37,39,40). The molecular formula is C29H18F7N7O3S2. The maximum absolute atomic E-state index is 16.0. The van der Waals surface area contributed by atoms with Crippen LogP contribution in [0.3, 0.4) is 0 Å². The zero-order chi connectivity index (χ0) is 34.1. The van der Waals surface area contributed by atoms with Crippen molar-refractivity contribution in [2.75, 3.05) is 10.0 Å². The first-order valence-corrected chi connectivity index (χ1v) is 16.1. The number of nitrogens with one attached hydrogen (secondary N) is 2. The number of rotatable bonds is 8. The van der Waals surface area contributed by atoms with E-state index in [9.17, 15) is 35.2 Å². The minimum absolute atomic E-state index is 0.00786. The Balaban J connectivity index is 1.32. The molecule has 0 bridgehead atoms. The highest BCUT2D eigenvalue weighted by molar-refractivity contribution is 7.92. The van der Waals surface area contributed by atoms with Crippen LogP contribution in [0.1, 0.15) is 25.4 Å². The fourth-order valence-corrected chi connectivity index (χ4v) is 7.36. The molecule has 1 aliphatic rings. The van der Waals surface area contributed by atoms with Gasteiger partial charge in [-0.15, -0.1) is 11.3 Å². The van der Waals surface area contributed by atoms with Gasteiger partial charge in [-0.05, 0) is 24.3 Å². The number of benzene rings is 2. The third-order valence-electron chi connectivity index (χ3n) is 7.70. The first kappa shape index (κ1) is 31.6. The van der Waals surface area contributed by atoms with Gasteiger partial charge in [0, 0.05) is 54.9 Å². The zero-order valence-corrected chi connectivity index (χ0v) is 25.4. The Bertz CT molecular complexity index is 2420. The summed E-state index contributed by atoms with van der Waals surface area (Å²) in [6.07, 6.45) is 0.630. The maximum atomic E-state index is 16.0. The molecule has 6 aromatic rings. The summed E-state index contributed by atoms with van der Waals surface area (Å²) >= 11 is 1.03. The zero-order valence-electron chi connectivity index (χ0n) is 23.8. The highest BCUT2D eigenvalue weighted by Gasteiger charge is 2.47. The minimum atomic E-state index is -4.80. The van der Waals surface area contributed by atoms with E-state index in [1.807, 2.05) is 4.72 Å². The lowest BCUT2D eigenvalue weighted by Crippen LogP contribution is -2.41. The Morgan fingerprint density at radius 3 is 2.46 bits per heavy atom. The van der Waals surface area contributed by atoms with E-state index in [4.69, 9.17) is 0 Å². The second-order valence-electron chi connectivity index (χ2n) is 10.9. The molecule has 0 unspecified atom stereocenters. The van der Waals surface area contributed by atoms with Crippen molar-refractivity contribution < 1.29 is 39.2 Å². The van der Waals surface area contributed by atoms with Gasteiger partial charge < -0.3 is 9.88 Å². The van der Waals surface area contributed by atoms with Crippen LogP contribution in [0.2, 0.25) is 0 Å². The van der Waals surface area contributed by atoms with Crippen molar-refractivity contribution in [3.63, 3.8) is 0 Å². The highest BCUT2D eigenvalue weighted by Crippen LogP contribution is 2.46. The lowest BCUT2D eigenvalue weighted by atomic mass is 9.87. The summed E-state index contributed by atoms with van der Waals surface area (Å²) in [5.41, 5.74) is -1.91. The number of pyridine rings is 2. The molecule has 0 atom stereocenters. The summed E-state index contributed by atoms with van der Waals surface area (Å²) in [5.74, 6) is -7.16. The smallest absolute Gasteiger partial charge is 0.323 e. The number of thiazole rings is 1. The first-order chi connectivity index (χ1) is 22.7. The van der Waals surface area contributed by atoms with E-state index in [-0.39, 0.29) is 28.1 Å². The van der Waals surface area contributed by atoms with Crippen molar-refractivity contribution in [3.8, 4) is 11.1 Å². The fourth-order valence-electron chi connectivity index (χ4n) is 5.44. The van der Waals surface area contributed by atoms with Gasteiger partial charge in [0.15, 0.2) is 11.6 Å². The monoisotopic (exact) mass is 709 g/mol. The number of nitrogens with zero attached hydrogens (tertiary/aromatic N) is 5. The van der Waals surface area contributed by atoms with E-state index in [0.29, 0.717) is 15.4 Å². The van der Waals surface area contributed by atoms with Gasteiger partial charge in [0.1, 0.15) is 22.3 Å². The number of aromatic nitrogens is 5. The number of anilines is 3. The molecule has 48 heavy (non-hydrogen) atoms. The molecule has 0 radical (unpaired) electrons. The van der Waals surface area contributed by atoms with Gasteiger partial charge in [-0.1, -0.05) is 0 Å². The van der Waals surface area contributed by atoms with E-state index in [0.717, 1.165) is 46.4 Å². The number of fused-ring (bicyclic) bond motifs is 2. The Hall–Kier alpha value is -5.04. The first-order valence-electron chi connectivity index (χ1n) is 13.8. The quantitative estimate of drug-likeness (QED) is 0.160. The molecular weight excluding hydrogens is 691 g/mol. The van der Waals surface area contributed by atoms with Crippen molar-refractivity contribution in [1.29, 1.82) is 0 Å². The van der Waals surface area contributed by atoms with E-state index >= 15 is 8.78 Å². The molecule has 19 heteroatoms. The lowest BCUT2D eigenvalue weighted by molar-refractivity contribution is -0.103. The topological polar surface area (TPSA) is 124 Å². The van der Waals surface area contributed by atoms with Crippen LogP contribution in [0.15, 0.2) is 70.1 Å². The second kappa shape index (κ2) is 11.3. The van der Waals surface area contributed by atoms with Crippen LogP contribution >= 0.6 is 11.3 Å². The third kappa shape index (κ3) is 5.51. The molecule has 0 aliphatic heterocycles. The molecule has 248 valence electrons. The largest absolute Gasteiger partial charge is 0.333 e. The normalized spacial score (nSPS) is 14.9. The molecule has 0 amide bonds. The Labute approximate surface area is 268 Å². The summed E-state index contributed by atoms with van der Waals surface area (Å²) < 4.78 is 130. The molecule has 1 fully saturated rings. The van der Waals surface area contributed by atoms with Crippen molar-refractivity contribution in [3.05, 3.63) is 88.2 Å². The van der Waals surface area contributed by atoms with E-state index in [1.165, 1.54) is 23.8 Å². The average Bonchev–Trinajstić information content (AvgIpc) is 3.67. The van der Waals surface area contributed by atoms with Crippen molar-refractivity contribution >= 4 is 59.8 Å². The maximum Gasteiger partial charge on any atom is 0.333 e. The molecule has 0 spiro atoms. The summed E-state index contributed by atoms with van der Waals surface area (Å²) in [7, 11) is -4.80. The number of halogens is 7. The second-order valence-corrected chi connectivity index (χ2v) is 13.4. The van der Waals surface area contributed by atoms with Crippen molar-refractivity contribution in [2.24, 2.45) is 0 Å². The molecule has 4 aromatic heterocycles. The van der Waals surface area contributed by atoms with Crippen molar-refractivity contribution in [2.45, 2.75) is 36.3 Å². The van der Waals surface area contributed by atoms with E-state index < -0.39 is 86.1 Å². The van der Waals surface area contributed by atoms with Crippen LogP contribution in [-0.4, -0.2) is 38.7 Å². The summed E-state index contributed by atoms with van der Waals surface area (Å²) in [4.78, 5) is 21.1. The minimum Gasteiger partial charge on any atom is -0.323 e. The van der Waals surface area contributed by atoms with Crippen LogP contribution in [0.25, 0.3) is 32.2 Å². The molecule has 7 rings (SSSR count). The molecule has 1 aliphatic carbocycles. The Kier molecular flexibility index (Phi) is 7.42. The van der Waals surface area contributed by atoms with Crippen LogP contribution in [-0.2, 0) is 10.0 Å².